The molecule has 0 aliphatic rings. The van der Waals surface area contributed by atoms with Gasteiger partial charge in [-0.2, -0.15) is 13.2 Å². The molecular weight excluding hydrogens is 824 g/mol. The van der Waals surface area contributed by atoms with Gasteiger partial charge < -0.3 is 35.1 Å². The van der Waals surface area contributed by atoms with Gasteiger partial charge in [0.2, 0.25) is 0 Å². The van der Waals surface area contributed by atoms with Gasteiger partial charge in [0.25, 0.3) is 11.5 Å². The lowest BCUT2D eigenvalue weighted by atomic mass is 9.98. The second kappa shape index (κ2) is 17.7. The first-order chi connectivity index (χ1) is 28.5. The van der Waals surface area contributed by atoms with Crippen LogP contribution in [0.15, 0.2) is 71.8 Å². The summed E-state index contributed by atoms with van der Waals surface area (Å²) in [5, 5.41) is 25.8. The van der Waals surface area contributed by atoms with Crippen molar-refractivity contribution in [3.8, 4) is 11.1 Å². The molecule has 12 nitrogen and oxygen atoms in total. The van der Waals surface area contributed by atoms with Gasteiger partial charge in [-0.1, -0.05) is 0 Å². The van der Waals surface area contributed by atoms with Crippen LogP contribution in [0.25, 0.3) is 27.7 Å². The average molecular weight is 861 g/mol. The molecule has 20 heteroatoms. The molecule has 0 aliphatic heterocycles. The van der Waals surface area contributed by atoms with Crippen LogP contribution in [0.5, 0.6) is 0 Å². The number of anilines is 2. The van der Waals surface area contributed by atoms with Gasteiger partial charge in [0, 0.05) is 59.9 Å². The van der Waals surface area contributed by atoms with Crippen LogP contribution in [0.3, 0.4) is 0 Å². The lowest BCUT2D eigenvalue weighted by Crippen LogP contribution is -2.43. The Kier molecular flexibility index (Phi) is 13.1. The highest BCUT2D eigenvalue weighted by molar-refractivity contribution is 5.97. The predicted molar refractivity (Wildman–Crippen MR) is 208 cm³/mol. The molecule has 61 heavy (non-hydrogen) atoms. The molecule has 2 atom stereocenters. The van der Waals surface area contributed by atoms with Gasteiger partial charge in [-0.25, -0.2) is 36.5 Å². The number of hydrogen-bond donors (Lipinski definition) is 5. The molecule has 0 fully saturated rings. The van der Waals surface area contributed by atoms with Crippen molar-refractivity contribution in [3.05, 3.63) is 129 Å². The average Bonchev–Trinajstić information content (AvgIpc) is 3.64. The highest BCUT2D eigenvalue weighted by Gasteiger charge is 2.36. The van der Waals surface area contributed by atoms with E-state index in [9.17, 15) is 59.4 Å². The molecule has 0 radical (unpaired) electrons. The van der Waals surface area contributed by atoms with Crippen LogP contribution < -0.4 is 21.5 Å². The van der Waals surface area contributed by atoms with Crippen molar-refractivity contribution < 1.29 is 59.7 Å². The molecule has 0 saturated heterocycles. The van der Waals surface area contributed by atoms with Crippen molar-refractivity contribution in [1.29, 1.82) is 0 Å². The van der Waals surface area contributed by atoms with E-state index in [1.165, 1.54) is 29.0 Å². The molecule has 3 aromatic heterocycles. The Morgan fingerprint density at radius 1 is 0.820 bits per heavy atom. The number of aliphatic carboxylic acids is 1. The number of halogens is 8. The minimum Gasteiger partial charge on any atom is -0.480 e. The molecule has 0 bridgehead atoms. The SMILES string of the molecule is C[C@@H](Nc1cc(F)c(C(=O)O)c(F)c1)C(F)(F)F.Cc1c(-c2ccc(C[C@H](NC(=O)c3c(F)cc(NC(C)C)cc3F)C(=O)O)n3ccnc23)c(=O)n(C)c2ccc(F)cc12. The number of amides is 1. The minimum absolute atomic E-state index is 0.113. The Bertz CT molecular complexity index is 2700. The Hall–Kier alpha value is -6.99. The Morgan fingerprint density at radius 3 is 1.93 bits per heavy atom. The maximum atomic E-state index is 14.7. The number of fused-ring (bicyclic) bond motifs is 2. The zero-order chi connectivity index (χ0) is 45.2. The summed E-state index contributed by atoms with van der Waals surface area (Å²) in [5.74, 6) is -10.1. The Labute approximate surface area is 340 Å². The lowest BCUT2D eigenvalue weighted by molar-refractivity contribution is -0.139. The highest BCUT2D eigenvalue weighted by Crippen LogP contribution is 2.31. The third kappa shape index (κ3) is 9.74. The second-order valence-corrected chi connectivity index (χ2v) is 14.1. The number of aryl methyl sites for hydroxylation is 2. The molecular formula is C41H36F8N6O6. The van der Waals surface area contributed by atoms with Crippen LogP contribution >= 0.6 is 0 Å². The monoisotopic (exact) mass is 860 g/mol. The molecule has 6 aromatic rings. The number of aromatic nitrogens is 3. The number of carboxylic acids is 2. The summed E-state index contributed by atoms with van der Waals surface area (Å²) in [6.45, 7) is 6.04. The van der Waals surface area contributed by atoms with Crippen LogP contribution in [-0.4, -0.2) is 66.3 Å². The number of nitrogens with zero attached hydrogens (tertiary/aromatic N) is 3. The third-order valence-electron chi connectivity index (χ3n) is 9.39. The summed E-state index contributed by atoms with van der Waals surface area (Å²) in [7, 11) is 1.59. The first kappa shape index (κ1) is 45.1. The van der Waals surface area contributed by atoms with Gasteiger partial charge in [-0.15, -0.1) is 0 Å². The van der Waals surface area contributed by atoms with E-state index in [1.54, 1.807) is 50.5 Å². The molecule has 3 heterocycles. The Balaban J connectivity index is 0.000000328. The van der Waals surface area contributed by atoms with E-state index in [0.29, 0.717) is 51.1 Å². The Morgan fingerprint density at radius 2 is 1.39 bits per heavy atom. The van der Waals surface area contributed by atoms with E-state index in [1.807, 2.05) is 5.32 Å². The molecule has 0 unspecified atom stereocenters. The zero-order valence-corrected chi connectivity index (χ0v) is 32.7. The van der Waals surface area contributed by atoms with Crippen LogP contribution in [0, 0.1) is 36.0 Å². The van der Waals surface area contributed by atoms with E-state index < -0.39 is 82.0 Å². The van der Waals surface area contributed by atoms with E-state index >= 15 is 0 Å². The van der Waals surface area contributed by atoms with Crippen molar-refractivity contribution in [3.63, 3.8) is 0 Å². The lowest BCUT2D eigenvalue weighted by Gasteiger charge is -2.18. The number of carbonyl (C=O) groups excluding carboxylic acids is 1. The molecule has 3 aromatic carbocycles. The number of hydrogen-bond acceptors (Lipinski definition) is 7. The molecule has 0 spiro atoms. The largest absolute Gasteiger partial charge is 0.480 e. The maximum absolute atomic E-state index is 14.7. The van der Waals surface area contributed by atoms with Gasteiger partial charge >= 0.3 is 18.1 Å². The van der Waals surface area contributed by atoms with Crippen molar-refractivity contribution in [1.82, 2.24) is 19.3 Å². The van der Waals surface area contributed by atoms with Gasteiger partial charge in [0.1, 0.15) is 57.9 Å². The fraction of sp³-hybridized carbons (Fsp3) is 0.244. The van der Waals surface area contributed by atoms with Crippen molar-refractivity contribution in [2.45, 2.75) is 58.4 Å². The topological polar surface area (TPSA) is 167 Å². The van der Waals surface area contributed by atoms with Gasteiger partial charge in [0.05, 0.1) is 11.1 Å². The van der Waals surface area contributed by atoms with Gasteiger partial charge in [-0.3, -0.25) is 9.59 Å². The quantitative estimate of drug-likeness (QED) is 0.0816. The van der Waals surface area contributed by atoms with Gasteiger partial charge in [0.15, 0.2) is 0 Å². The fourth-order valence-electron chi connectivity index (χ4n) is 6.46. The summed E-state index contributed by atoms with van der Waals surface area (Å²) < 4.78 is 109. The fourth-order valence-corrected chi connectivity index (χ4v) is 6.46. The van der Waals surface area contributed by atoms with E-state index in [4.69, 9.17) is 5.11 Å². The highest BCUT2D eigenvalue weighted by atomic mass is 19.4. The standard InChI is InChI=1S/C31H28F3N5O4.C10H8F5NO2/c1-15(2)36-18-12-22(33)27(23(34)13-18)29(40)37-24(31(42)43)14-19-6-7-20(28-35-9-10-39(19)28)26-16(3)21-11-17(32)5-8-25(21)38(4)30(26)41;1-4(10(13,14)15)16-5-2-6(11)8(9(17)18)7(12)3-5/h5-13,15,24,36H,14H2,1-4H3,(H,37,40)(H,42,43);2-4,16H,1H3,(H,17,18)/t24-;4-/m01/s1. The summed E-state index contributed by atoms with van der Waals surface area (Å²) in [5.41, 5.74) is -0.225. The molecule has 0 saturated carbocycles. The number of carboxylic acid groups (broad SMARTS) is 2. The minimum atomic E-state index is -4.58. The maximum Gasteiger partial charge on any atom is 0.408 e. The van der Waals surface area contributed by atoms with Gasteiger partial charge in [-0.05, 0) is 87.9 Å². The number of pyridine rings is 2. The van der Waals surface area contributed by atoms with Crippen LogP contribution in [-0.2, 0) is 18.3 Å². The first-order valence-corrected chi connectivity index (χ1v) is 18.1. The number of alkyl halides is 3. The number of rotatable bonds is 11. The first-order valence-electron chi connectivity index (χ1n) is 18.1. The summed E-state index contributed by atoms with van der Waals surface area (Å²) >= 11 is 0. The van der Waals surface area contributed by atoms with Crippen LogP contribution in [0.4, 0.5) is 46.5 Å². The van der Waals surface area contributed by atoms with E-state index in [2.05, 4.69) is 15.6 Å². The van der Waals surface area contributed by atoms with Crippen molar-refractivity contribution >= 4 is 45.8 Å². The van der Waals surface area contributed by atoms with Crippen LogP contribution in [0.1, 0.15) is 52.7 Å². The molecule has 5 N–H and O–H groups in total. The predicted octanol–water partition coefficient (Wildman–Crippen LogP) is 7.85. The molecule has 6 rings (SSSR count). The van der Waals surface area contributed by atoms with Crippen molar-refractivity contribution in [2.75, 3.05) is 10.6 Å². The number of nitrogens with one attached hydrogen (secondary N) is 3. The van der Waals surface area contributed by atoms with Crippen molar-refractivity contribution in [2.24, 2.45) is 7.05 Å². The number of benzene rings is 3. The summed E-state index contributed by atoms with van der Waals surface area (Å²) in [6, 6.07) is 6.58. The normalized spacial score (nSPS) is 12.5. The molecule has 1 amide bonds. The summed E-state index contributed by atoms with van der Waals surface area (Å²) in [6.07, 6.45) is -1.83. The number of imidazole rings is 1. The second-order valence-electron chi connectivity index (χ2n) is 14.1. The smallest absolute Gasteiger partial charge is 0.408 e. The van der Waals surface area contributed by atoms with Crippen LogP contribution in [0.2, 0.25) is 0 Å². The summed E-state index contributed by atoms with van der Waals surface area (Å²) in [4.78, 5) is 53.3. The number of carbonyl (C=O) groups is 3. The van der Waals surface area contributed by atoms with E-state index in [0.717, 1.165) is 19.1 Å². The zero-order valence-electron chi connectivity index (χ0n) is 32.7. The number of aromatic carboxylic acids is 1. The third-order valence-corrected chi connectivity index (χ3v) is 9.39. The van der Waals surface area contributed by atoms with E-state index in [-0.39, 0.29) is 23.7 Å². The molecule has 0 aliphatic carbocycles. The molecule has 322 valence electrons.